The Hall–Kier alpha value is -1.63. The normalized spacial score (nSPS) is 12.4. The van der Waals surface area contributed by atoms with E-state index in [4.69, 9.17) is 0 Å². The zero-order valence-electron chi connectivity index (χ0n) is 11.8. The van der Waals surface area contributed by atoms with Gasteiger partial charge in [0.05, 0.1) is 22.9 Å². The lowest BCUT2D eigenvalue weighted by atomic mass is 10.2. The van der Waals surface area contributed by atoms with Crippen LogP contribution in [0.1, 0.15) is 30.8 Å². The smallest absolute Gasteiger partial charge is 0.245 e. The molecule has 20 heavy (non-hydrogen) atoms. The molecule has 0 aromatic carbocycles. The van der Waals surface area contributed by atoms with E-state index in [1.54, 1.807) is 21.8 Å². The van der Waals surface area contributed by atoms with Crippen molar-refractivity contribution in [1.29, 1.82) is 0 Å². The fourth-order valence-corrected chi connectivity index (χ4v) is 2.30. The van der Waals surface area contributed by atoms with Gasteiger partial charge in [0.2, 0.25) is 5.91 Å². The standard InChI is InChI=1S/C13H18BrN5O/c1-4-12(19-8-10(14)6-16-19)13(20)15-7-11-5-9(2)18(3)17-11/h5-6,8,12H,4,7H2,1-3H3,(H,15,20). The number of hydrogen-bond acceptors (Lipinski definition) is 3. The summed E-state index contributed by atoms with van der Waals surface area (Å²) in [6.07, 6.45) is 4.16. The maximum Gasteiger partial charge on any atom is 0.245 e. The fourth-order valence-electron chi connectivity index (χ4n) is 1.99. The van der Waals surface area contributed by atoms with Gasteiger partial charge in [0, 0.05) is 18.9 Å². The Balaban J connectivity index is 1.99. The van der Waals surface area contributed by atoms with Crippen LogP contribution in [0, 0.1) is 6.92 Å². The lowest BCUT2D eigenvalue weighted by Crippen LogP contribution is -2.32. The molecule has 6 nitrogen and oxygen atoms in total. The molecule has 2 rings (SSSR count). The minimum atomic E-state index is -0.300. The molecule has 0 bridgehead atoms. The van der Waals surface area contributed by atoms with Gasteiger partial charge in [0.25, 0.3) is 0 Å². The van der Waals surface area contributed by atoms with Gasteiger partial charge in [-0.05, 0) is 35.3 Å². The van der Waals surface area contributed by atoms with Gasteiger partial charge in [-0.15, -0.1) is 0 Å². The quantitative estimate of drug-likeness (QED) is 0.905. The summed E-state index contributed by atoms with van der Waals surface area (Å²) in [5.41, 5.74) is 1.92. The zero-order chi connectivity index (χ0) is 14.7. The molecule has 0 saturated carbocycles. The number of aryl methyl sites for hydroxylation is 2. The Bertz CT molecular complexity index is 584. The molecule has 2 heterocycles. The van der Waals surface area contributed by atoms with Gasteiger partial charge in [0.1, 0.15) is 6.04 Å². The van der Waals surface area contributed by atoms with Gasteiger partial charge in [-0.3, -0.25) is 14.2 Å². The van der Waals surface area contributed by atoms with Gasteiger partial charge in [0.15, 0.2) is 0 Å². The number of rotatable bonds is 5. The first-order valence-electron chi connectivity index (χ1n) is 6.48. The van der Waals surface area contributed by atoms with Crippen LogP contribution in [0.4, 0.5) is 0 Å². The first-order valence-corrected chi connectivity index (χ1v) is 7.27. The summed E-state index contributed by atoms with van der Waals surface area (Å²) < 4.78 is 4.33. The van der Waals surface area contributed by atoms with Crippen LogP contribution in [0.25, 0.3) is 0 Å². The van der Waals surface area contributed by atoms with Gasteiger partial charge < -0.3 is 5.32 Å². The van der Waals surface area contributed by atoms with Crippen molar-refractivity contribution in [3.8, 4) is 0 Å². The number of halogens is 1. The van der Waals surface area contributed by atoms with Crippen molar-refractivity contribution in [2.24, 2.45) is 7.05 Å². The van der Waals surface area contributed by atoms with E-state index in [0.717, 1.165) is 15.9 Å². The molecule has 1 N–H and O–H groups in total. The average Bonchev–Trinajstić information content (AvgIpc) is 2.95. The van der Waals surface area contributed by atoms with Crippen molar-refractivity contribution in [2.75, 3.05) is 0 Å². The molecule has 2 aromatic heterocycles. The lowest BCUT2D eigenvalue weighted by molar-refractivity contribution is -0.124. The van der Waals surface area contributed by atoms with E-state index >= 15 is 0 Å². The number of carbonyl (C=O) groups excluding carboxylic acids is 1. The van der Waals surface area contributed by atoms with E-state index < -0.39 is 0 Å². The maximum atomic E-state index is 12.2. The predicted octanol–water partition coefficient (Wildman–Crippen LogP) is 1.96. The Morgan fingerprint density at radius 2 is 2.30 bits per heavy atom. The highest BCUT2D eigenvalue weighted by Gasteiger charge is 2.19. The van der Waals surface area contributed by atoms with Gasteiger partial charge in [-0.1, -0.05) is 6.92 Å². The molecule has 1 atom stereocenters. The van der Waals surface area contributed by atoms with Crippen LogP contribution in [0.2, 0.25) is 0 Å². The highest BCUT2D eigenvalue weighted by atomic mass is 79.9. The molecule has 1 unspecified atom stereocenters. The molecular formula is C13H18BrN5O. The van der Waals surface area contributed by atoms with E-state index in [-0.39, 0.29) is 11.9 Å². The number of aromatic nitrogens is 4. The van der Waals surface area contributed by atoms with E-state index in [1.807, 2.05) is 27.0 Å². The Labute approximate surface area is 126 Å². The summed E-state index contributed by atoms with van der Waals surface area (Å²) in [5.74, 6) is -0.0496. The first-order chi connectivity index (χ1) is 9.51. The summed E-state index contributed by atoms with van der Waals surface area (Å²) in [7, 11) is 1.89. The van der Waals surface area contributed by atoms with Crippen LogP contribution >= 0.6 is 15.9 Å². The van der Waals surface area contributed by atoms with Crippen LogP contribution in [0.15, 0.2) is 22.9 Å². The third kappa shape index (κ3) is 3.27. The Morgan fingerprint density at radius 1 is 1.55 bits per heavy atom. The summed E-state index contributed by atoms with van der Waals surface area (Å²) in [5, 5.41) is 11.4. The maximum absolute atomic E-state index is 12.2. The minimum absolute atomic E-state index is 0.0496. The molecule has 0 radical (unpaired) electrons. The average molecular weight is 340 g/mol. The Morgan fingerprint density at radius 3 is 2.80 bits per heavy atom. The van der Waals surface area contributed by atoms with Crippen LogP contribution in [-0.4, -0.2) is 25.5 Å². The highest BCUT2D eigenvalue weighted by molar-refractivity contribution is 9.10. The molecule has 7 heteroatoms. The summed E-state index contributed by atoms with van der Waals surface area (Å²) in [6, 6.07) is 1.66. The first kappa shape index (κ1) is 14.8. The van der Waals surface area contributed by atoms with Gasteiger partial charge in [-0.25, -0.2) is 0 Å². The zero-order valence-corrected chi connectivity index (χ0v) is 13.4. The van der Waals surface area contributed by atoms with Crippen molar-refractivity contribution >= 4 is 21.8 Å². The van der Waals surface area contributed by atoms with Gasteiger partial charge >= 0.3 is 0 Å². The molecule has 0 aliphatic carbocycles. The predicted molar refractivity (Wildman–Crippen MR) is 79.0 cm³/mol. The van der Waals surface area contributed by atoms with E-state index in [1.165, 1.54) is 0 Å². The SMILES string of the molecule is CCC(C(=O)NCc1cc(C)n(C)n1)n1cc(Br)cn1. The topological polar surface area (TPSA) is 64.7 Å². The lowest BCUT2D eigenvalue weighted by Gasteiger charge is -2.14. The van der Waals surface area contributed by atoms with Crippen molar-refractivity contribution in [1.82, 2.24) is 24.9 Å². The largest absolute Gasteiger partial charge is 0.349 e. The molecule has 2 aromatic rings. The van der Waals surface area contributed by atoms with E-state index in [9.17, 15) is 4.79 Å². The third-order valence-electron chi connectivity index (χ3n) is 3.19. The molecule has 1 amide bonds. The minimum Gasteiger partial charge on any atom is -0.349 e. The van der Waals surface area contributed by atoms with Crippen molar-refractivity contribution in [3.05, 3.63) is 34.3 Å². The molecule has 108 valence electrons. The van der Waals surface area contributed by atoms with Crippen molar-refractivity contribution in [3.63, 3.8) is 0 Å². The second kappa shape index (κ2) is 6.21. The van der Waals surface area contributed by atoms with Crippen LogP contribution < -0.4 is 5.32 Å². The van der Waals surface area contributed by atoms with Crippen molar-refractivity contribution in [2.45, 2.75) is 32.9 Å². The molecule has 0 aliphatic heterocycles. The van der Waals surface area contributed by atoms with Crippen LogP contribution in [0.5, 0.6) is 0 Å². The molecule has 0 saturated heterocycles. The summed E-state index contributed by atoms with van der Waals surface area (Å²) in [4.78, 5) is 12.2. The van der Waals surface area contributed by atoms with Gasteiger partial charge in [-0.2, -0.15) is 10.2 Å². The second-order valence-electron chi connectivity index (χ2n) is 4.68. The monoisotopic (exact) mass is 339 g/mol. The summed E-state index contributed by atoms with van der Waals surface area (Å²) in [6.45, 7) is 4.37. The number of amides is 1. The van der Waals surface area contributed by atoms with Crippen LogP contribution in [-0.2, 0) is 18.4 Å². The molecular weight excluding hydrogens is 322 g/mol. The highest BCUT2D eigenvalue weighted by Crippen LogP contribution is 2.15. The van der Waals surface area contributed by atoms with Crippen molar-refractivity contribution < 1.29 is 4.79 Å². The molecule has 0 aliphatic rings. The van der Waals surface area contributed by atoms with E-state index in [2.05, 4.69) is 31.4 Å². The van der Waals surface area contributed by atoms with Crippen LogP contribution in [0.3, 0.4) is 0 Å². The second-order valence-corrected chi connectivity index (χ2v) is 5.60. The number of hydrogen-bond donors (Lipinski definition) is 1. The van der Waals surface area contributed by atoms with E-state index in [0.29, 0.717) is 13.0 Å². The molecule has 0 fully saturated rings. The third-order valence-corrected chi connectivity index (χ3v) is 3.60. The number of nitrogens with one attached hydrogen (secondary N) is 1. The number of carbonyl (C=O) groups is 1. The number of nitrogens with zero attached hydrogens (tertiary/aromatic N) is 4. The fraction of sp³-hybridized carbons (Fsp3) is 0.462. The Kier molecular flexibility index (Phi) is 4.59. The molecule has 0 spiro atoms. The summed E-state index contributed by atoms with van der Waals surface area (Å²) >= 11 is 3.34.